The van der Waals surface area contributed by atoms with Crippen molar-refractivity contribution in [2.24, 2.45) is 0 Å². The van der Waals surface area contributed by atoms with Crippen LogP contribution in [0.4, 0.5) is 0 Å². The molecule has 4 rings (SSSR count). The lowest BCUT2D eigenvalue weighted by molar-refractivity contribution is 0.198. The number of hydrogen-bond donors (Lipinski definition) is 1. The molecule has 3 aliphatic rings. The summed E-state index contributed by atoms with van der Waals surface area (Å²) in [4.78, 5) is 2.75. The van der Waals surface area contributed by atoms with E-state index < -0.39 is 10.0 Å². The quantitative estimate of drug-likeness (QED) is 0.913. The molecule has 0 unspecified atom stereocenters. The molecule has 1 aromatic rings. The van der Waals surface area contributed by atoms with Crippen LogP contribution in [0.3, 0.4) is 0 Å². The first-order valence-electron chi connectivity index (χ1n) is 8.10. The van der Waals surface area contributed by atoms with Gasteiger partial charge in [0.15, 0.2) is 0 Å². The first-order valence-corrected chi connectivity index (χ1v) is 9.59. The Bertz CT molecular complexity index is 677. The Morgan fingerprint density at radius 3 is 2.77 bits per heavy atom. The van der Waals surface area contributed by atoms with Crippen LogP contribution in [0.25, 0.3) is 0 Å². The fourth-order valence-electron chi connectivity index (χ4n) is 4.22. The van der Waals surface area contributed by atoms with Crippen LogP contribution in [0.1, 0.15) is 31.2 Å². The largest absolute Gasteiger partial charge is 0.492 e. The molecular weight excluding hydrogens is 300 g/mol. The van der Waals surface area contributed by atoms with Gasteiger partial charge in [-0.1, -0.05) is 12.1 Å². The summed E-state index contributed by atoms with van der Waals surface area (Å²) in [5, 5.41) is 0. The van der Waals surface area contributed by atoms with E-state index in [4.69, 9.17) is 4.74 Å². The molecule has 6 heteroatoms. The summed E-state index contributed by atoms with van der Waals surface area (Å²) in [6.45, 7) is 3.29. The highest BCUT2D eigenvalue weighted by molar-refractivity contribution is 7.89. The molecule has 0 bridgehead atoms. The van der Waals surface area contributed by atoms with Gasteiger partial charge >= 0.3 is 0 Å². The minimum Gasteiger partial charge on any atom is -0.492 e. The molecule has 22 heavy (non-hydrogen) atoms. The van der Waals surface area contributed by atoms with Crippen molar-refractivity contribution in [3.63, 3.8) is 0 Å². The predicted molar refractivity (Wildman–Crippen MR) is 83.6 cm³/mol. The molecule has 3 aliphatic heterocycles. The number of fused-ring (bicyclic) bond motifs is 2. The van der Waals surface area contributed by atoms with Gasteiger partial charge in [-0.15, -0.1) is 0 Å². The highest BCUT2D eigenvalue weighted by Crippen LogP contribution is 2.39. The summed E-state index contributed by atoms with van der Waals surface area (Å²) in [7, 11) is -3.52. The molecule has 0 aliphatic carbocycles. The van der Waals surface area contributed by atoms with Gasteiger partial charge in [0.05, 0.1) is 6.61 Å². The molecule has 0 saturated carbocycles. The second-order valence-electron chi connectivity index (χ2n) is 6.59. The maximum atomic E-state index is 12.7. The molecule has 0 atom stereocenters. The normalized spacial score (nSPS) is 23.3. The van der Waals surface area contributed by atoms with E-state index in [0.29, 0.717) is 23.8 Å². The molecule has 1 aromatic carbocycles. The van der Waals surface area contributed by atoms with Crippen molar-refractivity contribution in [3.8, 4) is 5.75 Å². The number of nitrogens with one attached hydrogen (secondary N) is 1. The smallest absolute Gasteiger partial charge is 0.244 e. The van der Waals surface area contributed by atoms with E-state index >= 15 is 0 Å². The maximum absolute atomic E-state index is 12.7. The summed E-state index contributed by atoms with van der Waals surface area (Å²) < 4.78 is 33.9. The zero-order valence-corrected chi connectivity index (χ0v) is 13.5. The fourth-order valence-corrected chi connectivity index (χ4v) is 5.52. The lowest BCUT2D eigenvalue weighted by Gasteiger charge is -2.32. The van der Waals surface area contributed by atoms with Gasteiger partial charge in [-0.05, 0) is 50.4 Å². The van der Waals surface area contributed by atoms with Gasteiger partial charge in [-0.2, -0.15) is 0 Å². The van der Waals surface area contributed by atoms with Crippen molar-refractivity contribution in [2.75, 3.05) is 26.2 Å². The SMILES string of the molecule is O=S(=O)(NCC12CCCN1CCC2)c1cccc2c1OCC2. The zero-order chi connectivity index (χ0) is 15.2. The molecule has 120 valence electrons. The van der Waals surface area contributed by atoms with Crippen LogP contribution < -0.4 is 9.46 Å². The molecule has 3 heterocycles. The lowest BCUT2D eigenvalue weighted by atomic mass is 9.95. The molecule has 5 nitrogen and oxygen atoms in total. The Morgan fingerprint density at radius 1 is 1.23 bits per heavy atom. The van der Waals surface area contributed by atoms with Gasteiger partial charge in [0.25, 0.3) is 0 Å². The number of benzene rings is 1. The number of ether oxygens (including phenoxy) is 1. The third kappa shape index (κ3) is 2.25. The Balaban J connectivity index is 1.56. The number of rotatable bonds is 4. The van der Waals surface area contributed by atoms with Crippen molar-refractivity contribution < 1.29 is 13.2 Å². The van der Waals surface area contributed by atoms with Crippen LogP contribution in [0, 0.1) is 0 Å². The highest BCUT2D eigenvalue weighted by atomic mass is 32.2. The van der Waals surface area contributed by atoms with Crippen molar-refractivity contribution >= 4 is 10.0 Å². The number of hydrogen-bond acceptors (Lipinski definition) is 4. The molecule has 0 aromatic heterocycles. The number of sulfonamides is 1. The van der Waals surface area contributed by atoms with E-state index in [1.165, 1.54) is 12.8 Å². The van der Waals surface area contributed by atoms with E-state index in [1.807, 2.05) is 6.07 Å². The van der Waals surface area contributed by atoms with Gasteiger partial charge < -0.3 is 4.74 Å². The second-order valence-corrected chi connectivity index (χ2v) is 8.32. The van der Waals surface area contributed by atoms with Crippen molar-refractivity contribution in [2.45, 2.75) is 42.5 Å². The summed E-state index contributed by atoms with van der Waals surface area (Å²) in [5.74, 6) is 0.544. The Morgan fingerprint density at radius 2 is 2.00 bits per heavy atom. The third-order valence-corrected chi connectivity index (χ3v) is 6.80. The van der Waals surface area contributed by atoms with Crippen molar-refractivity contribution in [1.82, 2.24) is 9.62 Å². The van der Waals surface area contributed by atoms with Gasteiger partial charge in [-0.25, -0.2) is 13.1 Å². The zero-order valence-electron chi connectivity index (χ0n) is 12.7. The maximum Gasteiger partial charge on any atom is 0.244 e. The Labute approximate surface area is 131 Å². The van der Waals surface area contributed by atoms with Crippen molar-refractivity contribution in [1.29, 1.82) is 0 Å². The standard InChI is InChI=1S/C16H22N2O3S/c19-22(20,14-5-1-4-13-6-11-21-15(13)14)17-12-16-7-2-9-18(16)10-3-8-16/h1,4-5,17H,2-3,6-12H2. The average Bonchev–Trinajstić information content (AvgIpc) is 3.19. The van der Waals surface area contributed by atoms with E-state index in [2.05, 4.69) is 9.62 Å². The topological polar surface area (TPSA) is 58.6 Å². The van der Waals surface area contributed by atoms with Crippen LogP contribution in [0.5, 0.6) is 5.75 Å². The minimum atomic E-state index is -3.52. The molecule has 2 saturated heterocycles. The molecular formula is C16H22N2O3S. The van der Waals surface area contributed by atoms with Gasteiger partial charge in [-0.3, -0.25) is 4.90 Å². The molecule has 1 N–H and O–H groups in total. The highest BCUT2D eigenvalue weighted by Gasteiger charge is 2.44. The number of nitrogens with zero attached hydrogens (tertiary/aromatic N) is 1. The van der Waals surface area contributed by atoms with E-state index in [1.54, 1.807) is 12.1 Å². The average molecular weight is 322 g/mol. The summed E-state index contributed by atoms with van der Waals surface area (Å²) in [5.41, 5.74) is 1.04. The van der Waals surface area contributed by atoms with Crippen LogP contribution in [-0.2, 0) is 16.4 Å². The summed E-state index contributed by atoms with van der Waals surface area (Å²) in [6.07, 6.45) is 5.32. The van der Waals surface area contributed by atoms with E-state index in [-0.39, 0.29) is 5.54 Å². The molecule has 0 radical (unpaired) electrons. The van der Waals surface area contributed by atoms with Gasteiger partial charge in [0.2, 0.25) is 10.0 Å². The Kier molecular flexibility index (Phi) is 3.43. The molecule has 0 amide bonds. The fraction of sp³-hybridized carbons (Fsp3) is 0.625. The first kappa shape index (κ1) is 14.5. The van der Waals surface area contributed by atoms with Crippen LogP contribution >= 0.6 is 0 Å². The monoisotopic (exact) mass is 322 g/mol. The third-order valence-electron chi connectivity index (χ3n) is 5.37. The summed E-state index contributed by atoms with van der Waals surface area (Å²) >= 11 is 0. The molecule has 2 fully saturated rings. The predicted octanol–water partition coefficient (Wildman–Crippen LogP) is 1.53. The van der Waals surface area contributed by atoms with Crippen molar-refractivity contribution in [3.05, 3.63) is 23.8 Å². The van der Waals surface area contributed by atoms with Crippen LogP contribution in [-0.4, -0.2) is 45.1 Å². The second kappa shape index (κ2) is 5.22. The van der Waals surface area contributed by atoms with Gasteiger partial charge in [0, 0.05) is 18.5 Å². The Hall–Kier alpha value is -1.11. The lowest BCUT2D eigenvalue weighted by Crippen LogP contribution is -2.48. The van der Waals surface area contributed by atoms with Gasteiger partial charge in [0.1, 0.15) is 10.6 Å². The van der Waals surface area contributed by atoms with Crippen LogP contribution in [0.2, 0.25) is 0 Å². The summed E-state index contributed by atoms with van der Waals surface area (Å²) in [6, 6.07) is 5.39. The minimum absolute atomic E-state index is 0.0475. The number of para-hydroxylation sites is 1. The molecule has 0 spiro atoms. The van der Waals surface area contributed by atoms with E-state index in [9.17, 15) is 8.42 Å². The van der Waals surface area contributed by atoms with E-state index in [0.717, 1.165) is 37.9 Å². The first-order chi connectivity index (χ1) is 10.6. The van der Waals surface area contributed by atoms with Crippen LogP contribution in [0.15, 0.2) is 23.1 Å².